The van der Waals surface area contributed by atoms with Gasteiger partial charge >= 0.3 is 5.97 Å². The average molecular weight is 303 g/mol. The maximum Gasteiger partial charge on any atom is 0.341 e. The van der Waals surface area contributed by atoms with Gasteiger partial charge in [-0.25, -0.2) is 9.78 Å². The minimum atomic E-state index is -0.512. The van der Waals surface area contributed by atoms with E-state index < -0.39 is 5.97 Å². The van der Waals surface area contributed by atoms with Crippen molar-refractivity contribution in [3.05, 3.63) is 28.5 Å². The normalized spacial score (nSPS) is 9.19. The van der Waals surface area contributed by atoms with Gasteiger partial charge in [0.15, 0.2) is 0 Å². The highest BCUT2D eigenvalue weighted by Gasteiger charge is 2.11. The number of methoxy groups -OCH3 is 1. The highest BCUT2D eigenvalue weighted by atomic mass is 79.9. The molecule has 0 aromatic carbocycles. The maximum absolute atomic E-state index is 11.3. The van der Waals surface area contributed by atoms with Crippen LogP contribution in [0.3, 0.4) is 0 Å². The molecule has 5 heteroatoms. The fraction of sp³-hybridized carbons (Fsp3) is 0.273. The molecule has 0 saturated carbocycles. The number of nitrogens with zero attached hydrogens (tertiary/aromatic N) is 1. The number of halogens is 2. The van der Waals surface area contributed by atoms with Gasteiger partial charge in [0, 0.05) is 23.5 Å². The van der Waals surface area contributed by atoms with Crippen molar-refractivity contribution in [2.24, 2.45) is 0 Å². The summed E-state index contributed by atoms with van der Waals surface area (Å²) in [5.41, 5.74) is 0.876. The first-order valence-electron chi connectivity index (χ1n) is 4.47. The third-order valence-electron chi connectivity index (χ3n) is 1.70. The summed E-state index contributed by atoms with van der Waals surface area (Å²) >= 11 is 9.03. The van der Waals surface area contributed by atoms with Crippen LogP contribution < -0.4 is 0 Å². The van der Waals surface area contributed by atoms with Gasteiger partial charge in [-0.1, -0.05) is 39.4 Å². The zero-order valence-electron chi connectivity index (χ0n) is 8.59. The lowest BCUT2D eigenvalue weighted by Crippen LogP contribution is -2.03. The maximum atomic E-state index is 11.3. The number of ether oxygens (including phenoxy) is 1. The molecule has 0 fully saturated rings. The second kappa shape index (κ2) is 6.51. The topological polar surface area (TPSA) is 39.2 Å². The van der Waals surface area contributed by atoms with Gasteiger partial charge in [0.1, 0.15) is 5.15 Å². The number of carbonyl (C=O) groups excluding carboxylic acids is 1. The van der Waals surface area contributed by atoms with Crippen molar-refractivity contribution in [2.45, 2.75) is 6.42 Å². The Labute approximate surface area is 107 Å². The smallest absolute Gasteiger partial charge is 0.341 e. The number of hydrogen-bond acceptors (Lipinski definition) is 3. The van der Waals surface area contributed by atoms with Gasteiger partial charge in [-0.3, -0.25) is 0 Å². The second-order valence-electron chi connectivity index (χ2n) is 2.79. The van der Waals surface area contributed by atoms with E-state index in [9.17, 15) is 4.79 Å². The quantitative estimate of drug-likeness (QED) is 0.365. The summed E-state index contributed by atoms with van der Waals surface area (Å²) < 4.78 is 4.58. The first kappa shape index (κ1) is 13.0. The highest BCUT2D eigenvalue weighted by Crippen LogP contribution is 2.14. The van der Waals surface area contributed by atoms with Crippen LogP contribution in [0.4, 0.5) is 0 Å². The van der Waals surface area contributed by atoms with E-state index in [4.69, 9.17) is 11.6 Å². The lowest BCUT2D eigenvalue weighted by Gasteiger charge is -2.01. The molecule has 0 unspecified atom stereocenters. The van der Waals surface area contributed by atoms with Crippen LogP contribution in [0.1, 0.15) is 22.3 Å². The number of pyridine rings is 1. The summed E-state index contributed by atoms with van der Waals surface area (Å²) in [5.74, 6) is 5.29. The second-order valence-corrected chi connectivity index (χ2v) is 3.95. The Morgan fingerprint density at radius 1 is 1.69 bits per heavy atom. The summed E-state index contributed by atoms with van der Waals surface area (Å²) in [6.07, 6.45) is 2.26. The molecule has 0 aliphatic carbocycles. The van der Waals surface area contributed by atoms with E-state index in [1.165, 1.54) is 13.3 Å². The average Bonchev–Trinajstić information content (AvgIpc) is 2.30. The fourth-order valence-electron chi connectivity index (χ4n) is 0.981. The van der Waals surface area contributed by atoms with E-state index in [0.717, 1.165) is 11.8 Å². The van der Waals surface area contributed by atoms with E-state index in [0.29, 0.717) is 5.56 Å². The van der Waals surface area contributed by atoms with Crippen molar-refractivity contribution in [3.63, 3.8) is 0 Å². The molecule has 0 aliphatic heterocycles. The SMILES string of the molecule is COC(=O)c1cc(C#CCCBr)cnc1Cl. The van der Waals surface area contributed by atoms with Gasteiger partial charge in [0.2, 0.25) is 0 Å². The first-order chi connectivity index (χ1) is 7.69. The van der Waals surface area contributed by atoms with E-state index in [1.807, 2.05) is 0 Å². The Morgan fingerprint density at radius 2 is 2.44 bits per heavy atom. The summed E-state index contributed by atoms with van der Waals surface area (Å²) in [6.45, 7) is 0. The first-order valence-corrected chi connectivity index (χ1v) is 5.97. The van der Waals surface area contributed by atoms with Crippen LogP contribution in [0, 0.1) is 11.8 Å². The molecule has 3 nitrogen and oxygen atoms in total. The molecule has 0 spiro atoms. The summed E-state index contributed by atoms with van der Waals surface area (Å²) in [4.78, 5) is 15.2. The minimum absolute atomic E-state index is 0.123. The van der Waals surface area contributed by atoms with Crippen molar-refractivity contribution in [2.75, 3.05) is 12.4 Å². The van der Waals surface area contributed by atoms with Crippen molar-refractivity contribution in [3.8, 4) is 11.8 Å². The van der Waals surface area contributed by atoms with Crippen molar-refractivity contribution >= 4 is 33.5 Å². The number of aromatic nitrogens is 1. The number of carbonyl (C=O) groups is 1. The number of hydrogen-bond donors (Lipinski definition) is 0. The molecule has 0 saturated heterocycles. The lowest BCUT2D eigenvalue weighted by atomic mass is 10.2. The summed E-state index contributed by atoms with van der Waals surface area (Å²) in [5, 5.41) is 0.933. The molecule has 1 aromatic heterocycles. The van der Waals surface area contributed by atoms with Gasteiger partial charge in [0.25, 0.3) is 0 Å². The predicted octanol–water partition coefficient (Wildman–Crippen LogP) is 2.66. The highest BCUT2D eigenvalue weighted by molar-refractivity contribution is 9.09. The number of esters is 1. The number of alkyl halides is 1. The Bertz CT molecular complexity index is 451. The third-order valence-corrected chi connectivity index (χ3v) is 2.39. The Balaban J connectivity index is 2.99. The Kier molecular flexibility index (Phi) is 5.30. The molecule has 0 atom stereocenters. The number of rotatable bonds is 2. The van der Waals surface area contributed by atoms with E-state index in [1.54, 1.807) is 6.07 Å². The van der Waals surface area contributed by atoms with Crippen molar-refractivity contribution in [1.82, 2.24) is 4.98 Å². The molecule has 0 bridgehead atoms. The van der Waals surface area contributed by atoms with Crippen molar-refractivity contribution < 1.29 is 9.53 Å². The fourth-order valence-corrected chi connectivity index (χ4v) is 1.36. The van der Waals surface area contributed by atoms with Gasteiger partial charge in [-0.05, 0) is 6.07 Å². The Hall–Kier alpha value is -1.05. The molecular weight excluding hydrogens is 293 g/mol. The van der Waals surface area contributed by atoms with E-state index in [-0.39, 0.29) is 10.7 Å². The summed E-state index contributed by atoms with van der Waals surface area (Å²) in [7, 11) is 1.29. The molecule has 1 aromatic rings. The van der Waals surface area contributed by atoms with Crippen LogP contribution in [0.25, 0.3) is 0 Å². The third kappa shape index (κ3) is 3.51. The van der Waals surface area contributed by atoms with Crippen molar-refractivity contribution in [1.29, 1.82) is 0 Å². The molecule has 0 aliphatic rings. The zero-order valence-corrected chi connectivity index (χ0v) is 10.9. The summed E-state index contributed by atoms with van der Waals surface area (Å²) in [6, 6.07) is 1.57. The van der Waals surface area contributed by atoms with Crippen LogP contribution >= 0.6 is 27.5 Å². The van der Waals surface area contributed by atoms with Crippen LogP contribution in [0.5, 0.6) is 0 Å². The van der Waals surface area contributed by atoms with Crippen LogP contribution in [-0.2, 0) is 4.74 Å². The lowest BCUT2D eigenvalue weighted by molar-refractivity contribution is 0.0600. The molecule has 1 rings (SSSR count). The zero-order chi connectivity index (χ0) is 12.0. The van der Waals surface area contributed by atoms with Crippen LogP contribution in [-0.4, -0.2) is 23.4 Å². The van der Waals surface area contributed by atoms with Gasteiger partial charge < -0.3 is 4.74 Å². The molecule has 84 valence electrons. The largest absolute Gasteiger partial charge is 0.465 e. The Morgan fingerprint density at radius 3 is 3.06 bits per heavy atom. The van der Waals surface area contributed by atoms with Crippen LogP contribution in [0.15, 0.2) is 12.3 Å². The molecular formula is C11H9BrClNO2. The predicted molar refractivity (Wildman–Crippen MR) is 65.9 cm³/mol. The van der Waals surface area contributed by atoms with Gasteiger partial charge in [-0.2, -0.15) is 0 Å². The van der Waals surface area contributed by atoms with E-state index in [2.05, 4.69) is 37.5 Å². The molecule has 16 heavy (non-hydrogen) atoms. The molecule has 0 radical (unpaired) electrons. The van der Waals surface area contributed by atoms with E-state index >= 15 is 0 Å². The van der Waals surface area contributed by atoms with Gasteiger partial charge in [0.05, 0.1) is 12.7 Å². The standard InChI is InChI=1S/C11H9BrClNO2/c1-16-11(15)9-6-8(4-2-3-5-12)7-14-10(9)13/h6-7H,3,5H2,1H3. The molecule has 1 heterocycles. The molecule has 0 amide bonds. The minimum Gasteiger partial charge on any atom is -0.465 e. The van der Waals surface area contributed by atoms with Crippen LogP contribution in [0.2, 0.25) is 5.15 Å². The monoisotopic (exact) mass is 301 g/mol. The van der Waals surface area contributed by atoms with Gasteiger partial charge in [-0.15, -0.1) is 0 Å². The molecule has 0 N–H and O–H groups in total.